The van der Waals surface area contributed by atoms with Gasteiger partial charge in [0.15, 0.2) is 0 Å². The van der Waals surface area contributed by atoms with Crippen molar-refractivity contribution in [3.8, 4) is 11.1 Å². The van der Waals surface area contributed by atoms with E-state index in [1.807, 2.05) is 30.5 Å². The van der Waals surface area contributed by atoms with Crippen LogP contribution in [0.3, 0.4) is 0 Å². The van der Waals surface area contributed by atoms with Crippen molar-refractivity contribution in [2.45, 2.75) is 12.8 Å². The highest BCUT2D eigenvalue weighted by molar-refractivity contribution is 5.95. The SMILES string of the molecule is O=C(NCC1CCNCC1)c1cccc(-c2cn[nH]c2)c1. The van der Waals surface area contributed by atoms with Crippen molar-refractivity contribution >= 4 is 5.91 Å². The number of carbonyl (C=O) groups is 1. The molecule has 0 bridgehead atoms. The smallest absolute Gasteiger partial charge is 0.251 e. The highest BCUT2D eigenvalue weighted by Gasteiger charge is 2.14. The predicted octanol–water partition coefficient (Wildman–Crippen LogP) is 1.81. The first-order valence-corrected chi connectivity index (χ1v) is 7.41. The van der Waals surface area contributed by atoms with Gasteiger partial charge in [-0.15, -0.1) is 0 Å². The molecular weight excluding hydrogens is 264 g/mol. The Bertz CT molecular complexity index is 588. The molecular formula is C16H20N4O. The molecule has 1 aromatic carbocycles. The Morgan fingerprint density at radius 2 is 2.14 bits per heavy atom. The third-order valence-corrected chi connectivity index (χ3v) is 3.97. The van der Waals surface area contributed by atoms with Gasteiger partial charge in [0.25, 0.3) is 5.91 Å². The van der Waals surface area contributed by atoms with Crippen molar-refractivity contribution in [2.75, 3.05) is 19.6 Å². The van der Waals surface area contributed by atoms with Gasteiger partial charge in [-0.2, -0.15) is 5.10 Å². The molecule has 110 valence electrons. The minimum Gasteiger partial charge on any atom is -0.352 e. The number of rotatable bonds is 4. The zero-order valence-electron chi connectivity index (χ0n) is 11.9. The molecule has 1 fully saturated rings. The summed E-state index contributed by atoms with van der Waals surface area (Å²) in [5.41, 5.74) is 2.68. The summed E-state index contributed by atoms with van der Waals surface area (Å²) in [7, 11) is 0. The fourth-order valence-electron chi connectivity index (χ4n) is 2.67. The molecule has 2 heterocycles. The number of aromatic amines is 1. The molecule has 5 heteroatoms. The molecule has 21 heavy (non-hydrogen) atoms. The molecule has 2 aromatic rings. The van der Waals surface area contributed by atoms with Gasteiger partial charge in [0, 0.05) is 23.9 Å². The van der Waals surface area contributed by atoms with E-state index in [4.69, 9.17) is 0 Å². The van der Waals surface area contributed by atoms with Crippen molar-refractivity contribution in [1.82, 2.24) is 20.8 Å². The molecule has 1 aliphatic heterocycles. The maximum absolute atomic E-state index is 12.3. The van der Waals surface area contributed by atoms with Gasteiger partial charge in [-0.3, -0.25) is 9.89 Å². The number of amides is 1. The van der Waals surface area contributed by atoms with Gasteiger partial charge in [0.1, 0.15) is 0 Å². The Hall–Kier alpha value is -2.14. The summed E-state index contributed by atoms with van der Waals surface area (Å²) in [6.07, 6.45) is 5.85. The summed E-state index contributed by atoms with van der Waals surface area (Å²) >= 11 is 0. The van der Waals surface area contributed by atoms with Crippen LogP contribution in [0.15, 0.2) is 36.7 Å². The van der Waals surface area contributed by atoms with Crippen molar-refractivity contribution in [2.24, 2.45) is 5.92 Å². The molecule has 3 rings (SSSR count). The van der Waals surface area contributed by atoms with E-state index in [0.717, 1.165) is 43.6 Å². The first-order chi connectivity index (χ1) is 10.3. The molecule has 0 unspecified atom stereocenters. The van der Waals surface area contributed by atoms with Crippen molar-refractivity contribution in [3.63, 3.8) is 0 Å². The zero-order valence-corrected chi connectivity index (χ0v) is 11.9. The van der Waals surface area contributed by atoms with Crippen LogP contribution >= 0.6 is 0 Å². The number of nitrogens with zero attached hydrogens (tertiary/aromatic N) is 1. The van der Waals surface area contributed by atoms with E-state index >= 15 is 0 Å². The Morgan fingerprint density at radius 1 is 1.29 bits per heavy atom. The van der Waals surface area contributed by atoms with Crippen LogP contribution in [0.5, 0.6) is 0 Å². The second kappa shape index (κ2) is 6.54. The Labute approximate surface area is 124 Å². The predicted molar refractivity (Wildman–Crippen MR) is 82.0 cm³/mol. The van der Waals surface area contributed by atoms with Crippen molar-refractivity contribution < 1.29 is 4.79 Å². The lowest BCUT2D eigenvalue weighted by molar-refractivity contribution is 0.0944. The summed E-state index contributed by atoms with van der Waals surface area (Å²) in [5.74, 6) is 0.589. The topological polar surface area (TPSA) is 69.8 Å². The van der Waals surface area contributed by atoms with Gasteiger partial charge in [-0.25, -0.2) is 0 Å². The van der Waals surface area contributed by atoms with Crippen LogP contribution in [-0.4, -0.2) is 35.7 Å². The Balaban J connectivity index is 1.63. The second-order valence-electron chi connectivity index (χ2n) is 5.47. The minimum absolute atomic E-state index is 0.00104. The lowest BCUT2D eigenvalue weighted by Gasteiger charge is -2.22. The molecule has 1 aromatic heterocycles. The van der Waals surface area contributed by atoms with Crippen LogP contribution < -0.4 is 10.6 Å². The maximum Gasteiger partial charge on any atom is 0.251 e. The summed E-state index contributed by atoms with van der Waals surface area (Å²) < 4.78 is 0. The molecule has 1 aliphatic rings. The van der Waals surface area contributed by atoms with Gasteiger partial charge in [-0.05, 0) is 49.5 Å². The Morgan fingerprint density at radius 3 is 2.90 bits per heavy atom. The highest BCUT2D eigenvalue weighted by Crippen LogP contribution is 2.19. The number of benzene rings is 1. The quantitative estimate of drug-likeness (QED) is 0.802. The van der Waals surface area contributed by atoms with Crippen LogP contribution in [0.1, 0.15) is 23.2 Å². The first kappa shape index (κ1) is 13.8. The monoisotopic (exact) mass is 284 g/mol. The van der Waals surface area contributed by atoms with Gasteiger partial charge in [0.2, 0.25) is 0 Å². The number of hydrogen-bond donors (Lipinski definition) is 3. The van der Waals surface area contributed by atoms with Gasteiger partial charge in [-0.1, -0.05) is 12.1 Å². The van der Waals surface area contributed by atoms with E-state index in [2.05, 4.69) is 20.8 Å². The summed E-state index contributed by atoms with van der Waals surface area (Å²) in [6, 6.07) is 7.64. The fraction of sp³-hybridized carbons (Fsp3) is 0.375. The van der Waals surface area contributed by atoms with E-state index in [-0.39, 0.29) is 5.91 Å². The fourth-order valence-corrected chi connectivity index (χ4v) is 2.67. The number of nitrogens with one attached hydrogen (secondary N) is 3. The molecule has 0 spiro atoms. The average molecular weight is 284 g/mol. The average Bonchev–Trinajstić information content (AvgIpc) is 3.08. The molecule has 0 saturated carbocycles. The third kappa shape index (κ3) is 3.49. The molecule has 3 N–H and O–H groups in total. The van der Waals surface area contributed by atoms with Crippen LogP contribution in [0.4, 0.5) is 0 Å². The van der Waals surface area contributed by atoms with Crippen LogP contribution in [0, 0.1) is 5.92 Å². The number of hydrogen-bond acceptors (Lipinski definition) is 3. The zero-order chi connectivity index (χ0) is 14.5. The van der Waals surface area contributed by atoms with Gasteiger partial charge >= 0.3 is 0 Å². The summed E-state index contributed by atoms with van der Waals surface area (Å²) in [5, 5.41) is 13.1. The van der Waals surface area contributed by atoms with E-state index in [9.17, 15) is 4.79 Å². The largest absolute Gasteiger partial charge is 0.352 e. The normalized spacial score (nSPS) is 15.8. The van der Waals surface area contributed by atoms with Crippen molar-refractivity contribution in [1.29, 1.82) is 0 Å². The number of aromatic nitrogens is 2. The van der Waals surface area contributed by atoms with E-state index in [1.54, 1.807) is 6.20 Å². The maximum atomic E-state index is 12.3. The first-order valence-electron chi connectivity index (χ1n) is 7.41. The second-order valence-corrected chi connectivity index (χ2v) is 5.47. The molecule has 1 amide bonds. The molecule has 5 nitrogen and oxygen atoms in total. The van der Waals surface area contributed by atoms with E-state index < -0.39 is 0 Å². The lowest BCUT2D eigenvalue weighted by atomic mass is 9.98. The lowest BCUT2D eigenvalue weighted by Crippen LogP contribution is -2.35. The standard InChI is InChI=1S/C16H20N4O/c21-16(18-9-12-4-6-17-7-5-12)14-3-1-2-13(8-14)15-10-19-20-11-15/h1-3,8,10-12,17H,4-7,9H2,(H,18,21)(H,19,20). The van der Waals surface area contributed by atoms with E-state index in [1.165, 1.54) is 0 Å². The molecule has 0 atom stereocenters. The number of piperidine rings is 1. The summed E-state index contributed by atoms with van der Waals surface area (Å²) in [4.78, 5) is 12.3. The number of H-pyrrole nitrogens is 1. The Kier molecular flexibility index (Phi) is 4.31. The highest BCUT2D eigenvalue weighted by atomic mass is 16.1. The van der Waals surface area contributed by atoms with Gasteiger partial charge < -0.3 is 10.6 Å². The third-order valence-electron chi connectivity index (χ3n) is 3.97. The molecule has 0 radical (unpaired) electrons. The van der Waals surface area contributed by atoms with Crippen LogP contribution in [0.25, 0.3) is 11.1 Å². The van der Waals surface area contributed by atoms with Crippen LogP contribution in [0.2, 0.25) is 0 Å². The van der Waals surface area contributed by atoms with Crippen LogP contribution in [-0.2, 0) is 0 Å². The number of carbonyl (C=O) groups excluding carboxylic acids is 1. The minimum atomic E-state index is -0.00104. The van der Waals surface area contributed by atoms with Crippen molar-refractivity contribution in [3.05, 3.63) is 42.2 Å². The molecule has 1 saturated heterocycles. The summed E-state index contributed by atoms with van der Waals surface area (Å²) in [6.45, 7) is 2.86. The van der Waals surface area contributed by atoms with Gasteiger partial charge in [0.05, 0.1) is 6.20 Å². The molecule has 0 aliphatic carbocycles. The van der Waals surface area contributed by atoms with E-state index in [0.29, 0.717) is 11.5 Å².